The van der Waals surface area contributed by atoms with Crippen molar-refractivity contribution in [2.45, 2.75) is 20.4 Å². The topological polar surface area (TPSA) is 37.8 Å². The number of halogens is 1. The quantitative estimate of drug-likeness (QED) is 0.941. The minimum atomic E-state index is 0.761. The first-order valence-corrected chi connectivity index (χ1v) is 6.22. The van der Waals surface area contributed by atoms with Crippen LogP contribution in [0.3, 0.4) is 0 Å². The minimum Gasteiger partial charge on any atom is -0.365 e. The van der Waals surface area contributed by atoms with Gasteiger partial charge in [-0.15, -0.1) is 0 Å². The fourth-order valence-electron chi connectivity index (χ4n) is 1.59. The van der Waals surface area contributed by atoms with E-state index in [0.29, 0.717) is 0 Å². The molecule has 1 aromatic carbocycles. The smallest absolute Gasteiger partial charge is 0.145 e. The number of aryl methyl sites for hydroxylation is 2. The van der Waals surface area contributed by atoms with E-state index in [1.165, 1.54) is 11.1 Å². The molecular formula is C13H14BrN3. The summed E-state index contributed by atoms with van der Waals surface area (Å²) in [6.45, 7) is 4.80. The van der Waals surface area contributed by atoms with Crippen molar-refractivity contribution >= 4 is 21.7 Å². The standard InChI is InChI=1S/C13H14BrN3/c1-9-5-12(14)4-3-11(9)7-16-13-8-15-6-10(2)17-13/h3-6,8H,7H2,1-2H3,(H,16,17). The van der Waals surface area contributed by atoms with E-state index in [-0.39, 0.29) is 0 Å². The van der Waals surface area contributed by atoms with Crippen LogP contribution in [0.25, 0.3) is 0 Å². The van der Waals surface area contributed by atoms with Gasteiger partial charge in [-0.1, -0.05) is 22.0 Å². The van der Waals surface area contributed by atoms with Gasteiger partial charge in [-0.3, -0.25) is 4.98 Å². The highest BCUT2D eigenvalue weighted by molar-refractivity contribution is 9.10. The summed E-state index contributed by atoms with van der Waals surface area (Å²) < 4.78 is 1.11. The Morgan fingerprint density at radius 2 is 2.06 bits per heavy atom. The van der Waals surface area contributed by atoms with E-state index in [2.05, 4.69) is 50.3 Å². The third-order valence-electron chi connectivity index (χ3n) is 2.52. The van der Waals surface area contributed by atoms with Crippen molar-refractivity contribution in [3.05, 3.63) is 51.9 Å². The van der Waals surface area contributed by atoms with Gasteiger partial charge in [0, 0.05) is 17.2 Å². The number of anilines is 1. The van der Waals surface area contributed by atoms with Crippen LogP contribution in [0.15, 0.2) is 35.1 Å². The molecule has 88 valence electrons. The molecule has 0 fully saturated rings. The second kappa shape index (κ2) is 5.27. The van der Waals surface area contributed by atoms with Gasteiger partial charge in [0.15, 0.2) is 0 Å². The molecule has 4 heteroatoms. The molecule has 2 rings (SSSR count). The van der Waals surface area contributed by atoms with Crippen LogP contribution in [0, 0.1) is 13.8 Å². The lowest BCUT2D eigenvalue weighted by atomic mass is 10.1. The van der Waals surface area contributed by atoms with E-state index < -0.39 is 0 Å². The molecule has 0 amide bonds. The normalized spacial score (nSPS) is 10.3. The average Bonchev–Trinajstić information content (AvgIpc) is 2.28. The number of rotatable bonds is 3. The molecule has 0 aliphatic carbocycles. The highest BCUT2D eigenvalue weighted by Crippen LogP contribution is 2.16. The molecule has 2 aromatic rings. The van der Waals surface area contributed by atoms with Gasteiger partial charge < -0.3 is 5.32 Å². The summed E-state index contributed by atoms with van der Waals surface area (Å²) in [6.07, 6.45) is 3.48. The molecule has 0 aliphatic heterocycles. The molecule has 1 N–H and O–H groups in total. The highest BCUT2D eigenvalue weighted by Gasteiger charge is 2.00. The molecule has 3 nitrogen and oxygen atoms in total. The SMILES string of the molecule is Cc1cncc(NCc2ccc(Br)cc2C)n1. The summed E-state index contributed by atoms with van der Waals surface area (Å²) in [5.74, 6) is 0.812. The molecule has 0 bridgehead atoms. The van der Waals surface area contributed by atoms with Crippen molar-refractivity contribution in [3.8, 4) is 0 Å². The Bertz CT molecular complexity index is 526. The van der Waals surface area contributed by atoms with Gasteiger partial charge in [-0.2, -0.15) is 0 Å². The molecule has 0 unspecified atom stereocenters. The Morgan fingerprint density at radius 3 is 2.76 bits per heavy atom. The Kier molecular flexibility index (Phi) is 3.74. The molecule has 0 atom stereocenters. The minimum absolute atomic E-state index is 0.761. The molecule has 0 saturated carbocycles. The van der Waals surface area contributed by atoms with Crippen molar-refractivity contribution < 1.29 is 0 Å². The number of hydrogen-bond donors (Lipinski definition) is 1. The van der Waals surface area contributed by atoms with Crippen LogP contribution in [0.1, 0.15) is 16.8 Å². The number of nitrogens with one attached hydrogen (secondary N) is 1. The first-order chi connectivity index (χ1) is 8.15. The van der Waals surface area contributed by atoms with Crippen molar-refractivity contribution in [1.82, 2.24) is 9.97 Å². The predicted molar refractivity (Wildman–Crippen MR) is 73.0 cm³/mol. The number of hydrogen-bond acceptors (Lipinski definition) is 3. The largest absolute Gasteiger partial charge is 0.365 e. The van der Waals surface area contributed by atoms with E-state index in [1.54, 1.807) is 12.4 Å². The lowest BCUT2D eigenvalue weighted by Gasteiger charge is -2.08. The molecule has 0 saturated heterocycles. The summed E-state index contributed by atoms with van der Waals surface area (Å²) in [7, 11) is 0. The van der Waals surface area contributed by atoms with Gasteiger partial charge in [0.25, 0.3) is 0 Å². The summed E-state index contributed by atoms with van der Waals surface area (Å²) in [5.41, 5.74) is 3.44. The van der Waals surface area contributed by atoms with Crippen molar-refractivity contribution in [3.63, 3.8) is 0 Å². The van der Waals surface area contributed by atoms with Gasteiger partial charge >= 0.3 is 0 Å². The maximum absolute atomic E-state index is 4.35. The number of benzene rings is 1. The summed E-state index contributed by atoms with van der Waals surface area (Å²) >= 11 is 3.46. The zero-order valence-electron chi connectivity index (χ0n) is 9.87. The second-order valence-electron chi connectivity index (χ2n) is 3.97. The van der Waals surface area contributed by atoms with E-state index in [0.717, 1.165) is 22.5 Å². The molecule has 1 aromatic heterocycles. The monoisotopic (exact) mass is 291 g/mol. The van der Waals surface area contributed by atoms with E-state index in [4.69, 9.17) is 0 Å². The van der Waals surface area contributed by atoms with Crippen LogP contribution in [0.4, 0.5) is 5.82 Å². The number of nitrogens with zero attached hydrogens (tertiary/aromatic N) is 2. The molecule has 0 aliphatic rings. The predicted octanol–water partition coefficient (Wildman–Crippen LogP) is 3.47. The van der Waals surface area contributed by atoms with Gasteiger partial charge in [0.1, 0.15) is 5.82 Å². The summed E-state index contributed by atoms with van der Waals surface area (Å²) in [5, 5.41) is 3.27. The molecule has 0 radical (unpaired) electrons. The Balaban J connectivity index is 2.07. The fourth-order valence-corrected chi connectivity index (χ4v) is 2.07. The lowest BCUT2D eigenvalue weighted by molar-refractivity contribution is 1.04. The van der Waals surface area contributed by atoms with Gasteiger partial charge in [0.2, 0.25) is 0 Å². The third kappa shape index (κ3) is 3.27. The zero-order chi connectivity index (χ0) is 12.3. The van der Waals surface area contributed by atoms with Crippen LogP contribution >= 0.6 is 15.9 Å². The van der Waals surface area contributed by atoms with Gasteiger partial charge in [-0.25, -0.2) is 4.98 Å². The molecule has 1 heterocycles. The average molecular weight is 292 g/mol. The fraction of sp³-hybridized carbons (Fsp3) is 0.231. The van der Waals surface area contributed by atoms with E-state index in [1.807, 2.05) is 13.0 Å². The Morgan fingerprint density at radius 1 is 1.24 bits per heavy atom. The summed E-state index contributed by atoms with van der Waals surface area (Å²) in [6, 6.07) is 6.26. The van der Waals surface area contributed by atoms with Crippen molar-refractivity contribution in [2.24, 2.45) is 0 Å². The first-order valence-electron chi connectivity index (χ1n) is 5.43. The zero-order valence-corrected chi connectivity index (χ0v) is 11.5. The maximum Gasteiger partial charge on any atom is 0.145 e. The van der Waals surface area contributed by atoms with Crippen LogP contribution in [0.2, 0.25) is 0 Å². The van der Waals surface area contributed by atoms with Gasteiger partial charge in [-0.05, 0) is 37.1 Å². The van der Waals surface area contributed by atoms with E-state index in [9.17, 15) is 0 Å². The third-order valence-corrected chi connectivity index (χ3v) is 3.01. The maximum atomic E-state index is 4.35. The van der Waals surface area contributed by atoms with Crippen LogP contribution in [0.5, 0.6) is 0 Å². The Labute approximate surface area is 109 Å². The summed E-state index contributed by atoms with van der Waals surface area (Å²) in [4.78, 5) is 8.45. The Hall–Kier alpha value is -1.42. The van der Waals surface area contributed by atoms with E-state index >= 15 is 0 Å². The van der Waals surface area contributed by atoms with Gasteiger partial charge in [0.05, 0.1) is 11.9 Å². The molecule has 17 heavy (non-hydrogen) atoms. The first kappa shape index (κ1) is 12.0. The molecular weight excluding hydrogens is 278 g/mol. The van der Waals surface area contributed by atoms with Crippen LogP contribution in [-0.4, -0.2) is 9.97 Å². The molecule has 0 spiro atoms. The van der Waals surface area contributed by atoms with Crippen LogP contribution in [-0.2, 0) is 6.54 Å². The lowest BCUT2D eigenvalue weighted by Crippen LogP contribution is -2.03. The number of aromatic nitrogens is 2. The van der Waals surface area contributed by atoms with Crippen LogP contribution < -0.4 is 5.32 Å². The second-order valence-corrected chi connectivity index (χ2v) is 4.89. The van der Waals surface area contributed by atoms with Crippen molar-refractivity contribution in [2.75, 3.05) is 5.32 Å². The highest BCUT2D eigenvalue weighted by atomic mass is 79.9. The van der Waals surface area contributed by atoms with Crippen molar-refractivity contribution in [1.29, 1.82) is 0 Å².